The van der Waals surface area contributed by atoms with E-state index in [0.29, 0.717) is 12.3 Å². The standard InChI is InChI=1S/C12H16N4OS/c1-2-7-16-11(14-15-12(16)17)8-18-10-5-3-9(13)4-6-10/h3-6H,2,7-8,13H2,1H3,(H,15,17). The highest BCUT2D eigenvalue weighted by Gasteiger charge is 2.07. The highest BCUT2D eigenvalue weighted by atomic mass is 32.2. The fourth-order valence-electron chi connectivity index (χ4n) is 1.63. The molecular weight excluding hydrogens is 248 g/mol. The van der Waals surface area contributed by atoms with E-state index >= 15 is 0 Å². The van der Waals surface area contributed by atoms with Crippen molar-refractivity contribution in [2.75, 3.05) is 5.73 Å². The van der Waals surface area contributed by atoms with Crippen molar-refractivity contribution in [1.82, 2.24) is 14.8 Å². The first-order valence-electron chi connectivity index (χ1n) is 5.83. The van der Waals surface area contributed by atoms with Crippen molar-refractivity contribution >= 4 is 17.4 Å². The topological polar surface area (TPSA) is 76.7 Å². The second-order valence-electron chi connectivity index (χ2n) is 3.95. The predicted octanol–water partition coefficient (Wildman–Crippen LogP) is 1.86. The third-order valence-corrected chi connectivity index (χ3v) is 3.54. The van der Waals surface area contributed by atoms with Gasteiger partial charge >= 0.3 is 5.69 Å². The van der Waals surface area contributed by atoms with Crippen LogP contribution in [0.2, 0.25) is 0 Å². The first-order valence-corrected chi connectivity index (χ1v) is 6.81. The Hall–Kier alpha value is -1.69. The molecule has 6 heteroatoms. The van der Waals surface area contributed by atoms with Crippen molar-refractivity contribution < 1.29 is 0 Å². The van der Waals surface area contributed by atoms with Gasteiger partial charge in [0.25, 0.3) is 0 Å². The molecule has 0 atom stereocenters. The number of thioether (sulfide) groups is 1. The van der Waals surface area contributed by atoms with Crippen LogP contribution in [0.25, 0.3) is 0 Å². The molecular formula is C12H16N4OS. The van der Waals surface area contributed by atoms with Gasteiger partial charge in [-0.3, -0.25) is 4.57 Å². The molecule has 3 N–H and O–H groups in total. The van der Waals surface area contributed by atoms with E-state index in [4.69, 9.17) is 5.73 Å². The number of H-pyrrole nitrogens is 1. The maximum atomic E-state index is 11.5. The zero-order valence-electron chi connectivity index (χ0n) is 10.2. The third kappa shape index (κ3) is 2.95. The molecule has 5 nitrogen and oxygen atoms in total. The molecule has 96 valence electrons. The first-order chi connectivity index (χ1) is 8.70. The molecule has 0 bridgehead atoms. The summed E-state index contributed by atoms with van der Waals surface area (Å²) in [6, 6.07) is 7.67. The summed E-state index contributed by atoms with van der Waals surface area (Å²) in [5.74, 6) is 1.45. The highest BCUT2D eigenvalue weighted by molar-refractivity contribution is 7.98. The fraction of sp³-hybridized carbons (Fsp3) is 0.333. The summed E-state index contributed by atoms with van der Waals surface area (Å²) in [6.07, 6.45) is 0.916. The van der Waals surface area contributed by atoms with Gasteiger partial charge in [-0.2, -0.15) is 5.10 Å². The van der Waals surface area contributed by atoms with Crippen LogP contribution in [-0.2, 0) is 12.3 Å². The third-order valence-electron chi connectivity index (χ3n) is 2.53. The molecule has 0 fully saturated rings. The Kier molecular flexibility index (Phi) is 4.09. The number of nitrogens with one attached hydrogen (secondary N) is 1. The highest BCUT2D eigenvalue weighted by Crippen LogP contribution is 2.22. The van der Waals surface area contributed by atoms with Crippen molar-refractivity contribution in [3.8, 4) is 0 Å². The van der Waals surface area contributed by atoms with Crippen LogP contribution < -0.4 is 11.4 Å². The van der Waals surface area contributed by atoms with E-state index in [1.165, 1.54) is 0 Å². The second kappa shape index (κ2) is 5.77. The van der Waals surface area contributed by atoms with Crippen LogP contribution in [-0.4, -0.2) is 14.8 Å². The van der Waals surface area contributed by atoms with E-state index < -0.39 is 0 Å². The van der Waals surface area contributed by atoms with Crippen LogP contribution in [0.5, 0.6) is 0 Å². The molecule has 18 heavy (non-hydrogen) atoms. The van der Waals surface area contributed by atoms with Gasteiger partial charge < -0.3 is 5.73 Å². The molecule has 1 aromatic heterocycles. The van der Waals surface area contributed by atoms with Gasteiger partial charge in [0.2, 0.25) is 0 Å². The average molecular weight is 264 g/mol. The van der Waals surface area contributed by atoms with E-state index in [1.54, 1.807) is 16.3 Å². The minimum atomic E-state index is -0.134. The number of rotatable bonds is 5. The number of nitrogens with zero attached hydrogens (tertiary/aromatic N) is 2. The van der Waals surface area contributed by atoms with Gasteiger partial charge in [-0.25, -0.2) is 9.89 Å². The lowest BCUT2D eigenvalue weighted by Gasteiger charge is -2.04. The lowest BCUT2D eigenvalue weighted by Crippen LogP contribution is -2.18. The summed E-state index contributed by atoms with van der Waals surface area (Å²) in [6.45, 7) is 2.74. The molecule has 0 aliphatic heterocycles. The van der Waals surface area contributed by atoms with E-state index in [2.05, 4.69) is 10.2 Å². The summed E-state index contributed by atoms with van der Waals surface area (Å²) in [5, 5.41) is 6.54. The molecule has 2 rings (SSSR count). The number of benzene rings is 1. The first kappa shape index (κ1) is 12.8. The van der Waals surface area contributed by atoms with Crippen LogP contribution in [0.4, 0.5) is 5.69 Å². The SMILES string of the molecule is CCCn1c(CSc2ccc(N)cc2)n[nH]c1=O. The van der Waals surface area contributed by atoms with Gasteiger partial charge in [-0.05, 0) is 30.7 Å². The van der Waals surface area contributed by atoms with Gasteiger partial charge in [0.15, 0.2) is 0 Å². The van der Waals surface area contributed by atoms with Crippen molar-refractivity contribution in [3.63, 3.8) is 0 Å². The molecule has 2 aromatic rings. The molecule has 0 amide bonds. The number of hydrogen-bond acceptors (Lipinski definition) is 4. The van der Waals surface area contributed by atoms with Gasteiger partial charge in [-0.1, -0.05) is 6.92 Å². The smallest absolute Gasteiger partial charge is 0.343 e. The zero-order valence-corrected chi connectivity index (χ0v) is 11.0. The molecule has 0 aliphatic rings. The summed E-state index contributed by atoms with van der Waals surface area (Å²) >= 11 is 1.64. The van der Waals surface area contributed by atoms with Gasteiger partial charge in [-0.15, -0.1) is 11.8 Å². The molecule has 0 unspecified atom stereocenters. The van der Waals surface area contributed by atoms with Crippen molar-refractivity contribution in [2.45, 2.75) is 30.5 Å². The number of nitrogens with two attached hydrogens (primary N) is 1. The lowest BCUT2D eigenvalue weighted by atomic mass is 10.3. The molecule has 0 spiro atoms. The number of hydrogen-bond donors (Lipinski definition) is 2. The van der Waals surface area contributed by atoms with Gasteiger partial charge in [0.1, 0.15) is 5.82 Å². The van der Waals surface area contributed by atoms with Gasteiger partial charge in [0, 0.05) is 17.1 Å². The molecule has 1 heterocycles. The Morgan fingerprint density at radius 2 is 2.11 bits per heavy atom. The quantitative estimate of drug-likeness (QED) is 0.638. The van der Waals surface area contributed by atoms with E-state index in [0.717, 1.165) is 22.8 Å². The Morgan fingerprint density at radius 1 is 1.39 bits per heavy atom. The fourth-order valence-corrected chi connectivity index (χ4v) is 2.47. The largest absolute Gasteiger partial charge is 0.399 e. The Labute approximate surface area is 109 Å². The number of aromatic nitrogens is 3. The van der Waals surface area contributed by atoms with Crippen molar-refractivity contribution in [1.29, 1.82) is 0 Å². The molecule has 0 saturated heterocycles. The van der Waals surface area contributed by atoms with E-state index in [-0.39, 0.29) is 5.69 Å². The minimum Gasteiger partial charge on any atom is -0.399 e. The zero-order chi connectivity index (χ0) is 13.0. The molecule has 0 saturated carbocycles. The summed E-state index contributed by atoms with van der Waals surface area (Å²) in [4.78, 5) is 12.6. The Morgan fingerprint density at radius 3 is 2.78 bits per heavy atom. The maximum absolute atomic E-state index is 11.5. The van der Waals surface area contributed by atoms with Crippen LogP contribution in [0.15, 0.2) is 34.0 Å². The summed E-state index contributed by atoms with van der Waals surface area (Å²) in [5.41, 5.74) is 6.25. The van der Waals surface area contributed by atoms with Crippen LogP contribution in [0, 0.1) is 0 Å². The van der Waals surface area contributed by atoms with Gasteiger partial charge in [0.05, 0.1) is 5.75 Å². The van der Waals surface area contributed by atoms with Crippen molar-refractivity contribution in [2.24, 2.45) is 0 Å². The van der Waals surface area contributed by atoms with Crippen molar-refractivity contribution in [3.05, 3.63) is 40.6 Å². The number of aromatic amines is 1. The maximum Gasteiger partial charge on any atom is 0.343 e. The molecule has 1 aromatic carbocycles. The van der Waals surface area contributed by atoms with Crippen LogP contribution in [0.1, 0.15) is 19.2 Å². The summed E-state index contributed by atoms with van der Waals surface area (Å²) in [7, 11) is 0. The lowest BCUT2D eigenvalue weighted by molar-refractivity contribution is 0.635. The second-order valence-corrected chi connectivity index (χ2v) is 5.00. The van der Waals surface area contributed by atoms with Crippen LogP contribution >= 0.6 is 11.8 Å². The summed E-state index contributed by atoms with van der Waals surface area (Å²) < 4.78 is 1.68. The Bertz CT molecular complexity index is 558. The van der Waals surface area contributed by atoms with E-state index in [9.17, 15) is 4.79 Å². The average Bonchev–Trinajstić information content (AvgIpc) is 2.71. The molecule has 0 radical (unpaired) electrons. The number of anilines is 1. The molecule has 0 aliphatic carbocycles. The number of nitrogen functional groups attached to an aromatic ring is 1. The van der Waals surface area contributed by atoms with Crippen LogP contribution in [0.3, 0.4) is 0 Å². The normalized spacial score (nSPS) is 10.7. The predicted molar refractivity (Wildman–Crippen MR) is 73.6 cm³/mol. The monoisotopic (exact) mass is 264 g/mol. The van der Waals surface area contributed by atoms with E-state index in [1.807, 2.05) is 31.2 Å². The minimum absolute atomic E-state index is 0.134. The Balaban J connectivity index is 2.06.